The first-order chi connectivity index (χ1) is 6.98. The summed E-state index contributed by atoms with van der Waals surface area (Å²) in [5.74, 6) is 0.269. The van der Waals surface area contributed by atoms with Crippen molar-refractivity contribution >= 4 is 5.78 Å². The average molecular weight is 207 g/mol. The predicted octanol–water partition coefficient (Wildman–Crippen LogP) is 2.74. The summed E-state index contributed by atoms with van der Waals surface area (Å²) >= 11 is 0. The highest BCUT2D eigenvalue weighted by Crippen LogP contribution is 2.35. The van der Waals surface area contributed by atoms with Crippen LogP contribution in [0.3, 0.4) is 0 Å². The van der Waals surface area contributed by atoms with E-state index in [1.54, 1.807) is 0 Å². The van der Waals surface area contributed by atoms with Gasteiger partial charge in [-0.25, -0.2) is 0 Å². The smallest absolute Gasteiger partial charge is 0.162 e. The Morgan fingerprint density at radius 2 is 2.13 bits per heavy atom. The Bertz CT molecular complexity index is 298. The van der Waals surface area contributed by atoms with Crippen molar-refractivity contribution in [2.45, 2.75) is 52.5 Å². The van der Waals surface area contributed by atoms with E-state index in [0.29, 0.717) is 0 Å². The van der Waals surface area contributed by atoms with Crippen LogP contribution >= 0.6 is 0 Å². The molecule has 0 aliphatic carbocycles. The van der Waals surface area contributed by atoms with E-state index in [-0.39, 0.29) is 11.2 Å². The number of carbonyl (C=O) groups is 1. The molecule has 0 bridgehead atoms. The van der Waals surface area contributed by atoms with E-state index in [1.165, 1.54) is 25.0 Å². The summed E-state index contributed by atoms with van der Waals surface area (Å²) in [7, 11) is 0. The van der Waals surface area contributed by atoms with Gasteiger partial charge in [0.1, 0.15) is 0 Å². The molecule has 2 heteroatoms. The van der Waals surface area contributed by atoms with E-state index in [9.17, 15) is 4.79 Å². The Balaban J connectivity index is 2.11. The Hall–Kier alpha value is -0.790. The third-order valence-electron chi connectivity index (χ3n) is 3.52. The lowest BCUT2D eigenvalue weighted by Gasteiger charge is -2.21. The number of ketones is 1. The molecule has 15 heavy (non-hydrogen) atoms. The van der Waals surface area contributed by atoms with Crippen LogP contribution in [0.25, 0.3) is 0 Å². The highest BCUT2D eigenvalue weighted by Gasteiger charge is 2.32. The largest absolute Gasteiger partial charge is 0.372 e. The van der Waals surface area contributed by atoms with Gasteiger partial charge in [0.2, 0.25) is 0 Å². The van der Waals surface area contributed by atoms with Crippen molar-refractivity contribution in [1.29, 1.82) is 0 Å². The highest BCUT2D eigenvalue weighted by atomic mass is 16.1. The van der Waals surface area contributed by atoms with E-state index in [0.717, 1.165) is 19.0 Å². The van der Waals surface area contributed by atoms with Gasteiger partial charge in [-0.05, 0) is 25.7 Å². The minimum Gasteiger partial charge on any atom is -0.372 e. The minimum absolute atomic E-state index is 0.231. The zero-order valence-corrected chi connectivity index (χ0v) is 10.0. The molecule has 2 saturated heterocycles. The Kier molecular flexibility index (Phi) is 2.61. The predicted molar refractivity (Wildman–Crippen MR) is 61.5 cm³/mol. The molecular formula is C13H21NO. The maximum atomic E-state index is 11.9. The van der Waals surface area contributed by atoms with Crippen LogP contribution in [-0.4, -0.2) is 23.3 Å². The zero-order valence-electron chi connectivity index (χ0n) is 10.0. The van der Waals surface area contributed by atoms with Crippen molar-refractivity contribution in [3.05, 3.63) is 11.8 Å². The first kappa shape index (κ1) is 10.7. The summed E-state index contributed by atoms with van der Waals surface area (Å²) < 4.78 is 0. The number of hydrogen-bond donors (Lipinski definition) is 0. The van der Waals surface area contributed by atoms with Gasteiger partial charge in [0.05, 0.1) is 0 Å². The first-order valence-corrected chi connectivity index (χ1v) is 6.00. The van der Waals surface area contributed by atoms with Gasteiger partial charge in [-0.2, -0.15) is 0 Å². The second kappa shape index (κ2) is 3.66. The summed E-state index contributed by atoms with van der Waals surface area (Å²) in [4.78, 5) is 14.4. The molecule has 0 aromatic heterocycles. The fourth-order valence-corrected chi connectivity index (χ4v) is 2.49. The molecule has 1 atom stereocenters. The normalized spacial score (nSPS) is 28.6. The molecule has 2 heterocycles. The second-order valence-corrected chi connectivity index (χ2v) is 5.78. The third kappa shape index (κ3) is 2.09. The van der Waals surface area contributed by atoms with Crippen LogP contribution in [0.2, 0.25) is 0 Å². The Labute approximate surface area is 92.3 Å². The topological polar surface area (TPSA) is 20.3 Å². The van der Waals surface area contributed by atoms with Gasteiger partial charge in [-0.15, -0.1) is 0 Å². The highest BCUT2D eigenvalue weighted by molar-refractivity contribution is 5.94. The van der Waals surface area contributed by atoms with Crippen LogP contribution in [0.1, 0.15) is 46.5 Å². The van der Waals surface area contributed by atoms with Crippen LogP contribution in [0.4, 0.5) is 0 Å². The second-order valence-electron chi connectivity index (χ2n) is 5.78. The zero-order chi connectivity index (χ0) is 11.1. The number of fused-ring (bicyclic) bond motifs is 1. The van der Waals surface area contributed by atoms with Gasteiger partial charge in [-0.3, -0.25) is 4.79 Å². The molecule has 0 N–H and O–H groups in total. The monoisotopic (exact) mass is 207 g/mol. The molecule has 2 aliphatic rings. The van der Waals surface area contributed by atoms with E-state index in [1.807, 2.05) is 26.8 Å². The van der Waals surface area contributed by atoms with E-state index in [4.69, 9.17) is 0 Å². The third-order valence-corrected chi connectivity index (χ3v) is 3.52. The lowest BCUT2D eigenvalue weighted by molar-refractivity contribution is -0.121. The standard InChI is InChI=1S/C13H21NO/c1-13(2,3)12(15)9-11-7-6-10-5-4-8-14(10)11/h9-10H,4-8H2,1-3H3/b11-9+. The number of nitrogens with zero attached hydrogens (tertiary/aromatic N) is 1. The number of carbonyl (C=O) groups excluding carboxylic acids is 1. The number of hydrogen-bond acceptors (Lipinski definition) is 2. The first-order valence-electron chi connectivity index (χ1n) is 6.00. The van der Waals surface area contributed by atoms with E-state index in [2.05, 4.69) is 4.90 Å². The van der Waals surface area contributed by atoms with Crippen LogP contribution in [0.15, 0.2) is 11.8 Å². The van der Waals surface area contributed by atoms with E-state index < -0.39 is 0 Å². The molecule has 0 spiro atoms. The lowest BCUT2D eigenvalue weighted by Crippen LogP contribution is -2.23. The lowest BCUT2D eigenvalue weighted by atomic mass is 9.90. The van der Waals surface area contributed by atoms with Crippen molar-refractivity contribution in [1.82, 2.24) is 4.90 Å². The molecule has 2 rings (SSSR count). The molecule has 2 aliphatic heterocycles. The van der Waals surface area contributed by atoms with Crippen molar-refractivity contribution in [3.63, 3.8) is 0 Å². The Morgan fingerprint density at radius 3 is 2.80 bits per heavy atom. The van der Waals surface area contributed by atoms with Crippen LogP contribution in [-0.2, 0) is 4.79 Å². The molecule has 0 aromatic carbocycles. The molecular weight excluding hydrogens is 186 g/mol. The number of rotatable bonds is 1. The van der Waals surface area contributed by atoms with Gasteiger partial charge in [-0.1, -0.05) is 20.8 Å². The fourth-order valence-electron chi connectivity index (χ4n) is 2.49. The molecule has 2 nitrogen and oxygen atoms in total. The van der Waals surface area contributed by atoms with E-state index >= 15 is 0 Å². The van der Waals surface area contributed by atoms with Crippen LogP contribution in [0, 0.1) is 5.41 Å². The molecule has 0 amide bonds. The molecule has 0 saturated carbocycles. The maximum absolute atomic E-state index is 11.9. The van der Waals surface area contributed by atoms with Crippen LogP contribution in [0.5, 0.6) is 0 Å². The van der Waals surface area contributed by atoms with Gasteiger partial charge < -0.3 is 4.90 Å². The fraction of sp³-hybridized carbons (Fsp3) is 0.769. The van der Waals surface area contributed by atoms with Gasteiger partial charge >= 0.3 is 0 Å². The maximum Gasteiger partial charge on any atom is 0.162 e. The summed E-state index contributed by atoms with van der Waals surface area (Å²) in [6.07, 6.45) is 6.87. The summed E-state index contributed by atoms with van der Waals surface area (Å²) in [6, 6.07) is 0.740. The quantitative estimate of drug-likeness (QED) is 0.616. The van der Waals surface area contributed by atoms with Gasteiger partial charge in [0, 0.05) is 29.8 Å². The SMILES string of the molecule is CC(C)(C)C(=O)/C=C1\CCC2CCCN12. The van der Waals surface area contributed by atoms with Crippen LogP contribution < -0.4 is 0 Å². The molecule has 84 valence electrons. The van der Waals surface area contributed by atoms with Gasteiger partial charge in [0.15, 0.2) is 5.78 Å². The van der Waals surface area contributed by atoms with Gasteiger partial charge in [0.25, 0.3) is 0 Å². The summed E-state index contributed by atoms with van der Waals surface area (Å²) in [5, 5.41) is 0. The van der Waals surface area contributed by atoms with Crippen molar-refractivity contribution in [2.24, 2.45) is 5.41 Å². The van der Waals surface area contributed by atoms with Crippen molar-refractivity contribution < 1.29 is 4.79 Å². The molecule has 2 fully saturated rings. The minimum atomic E-state index is -0.231. The Morgan fingerprint density at radius 1 is 1.40 bits per heavy atom. The number of allylic oxidation sites excluding steroid dienone is 2. The summed E-state index contributed by atoms with van der Waals surface area (Å²) in [6.45, 7) is 7.13. The summed E-state index contributed by atoms with van der Waals surface area (Å²) in [5.41, 5.74) is 1.06. The average Bonchev–Trinajstić information content (AvgIpc) is 2.67. The molecule has 0 radical (unpaired) electrons. The van der Waals surface area contributed by atoms with Crippen molar-refractivity contribution in [3.8, 4) is 0 Å². The molecule has 1 unspecified atom stereocenters. The molecule has 0 aromatic rings. The van der Waals surface area contributed by atoms with Crippen molar-refractivity contribution in [2.75, 3.05) is 6.54 Å².